The van der Waals surface area contributed by atoms with E-state index in [1.54, 1.807) is 0 Å². The summed E-state index contributed by atoms with van der Waals surface area (Å²) in [4.78, 5) is 12.4. The van der Waals surface area contributed by atoms with E-state index in [-0.39, 0.29) is 18.0 Å². The number of rotatable bonds is 5. The van der Waals surface area contributed by atoms with Crippen LogP contribution in [-0.4, -0.2) is 25.2 Å². The van der Waals surface area contributed by atoms with Gasteiger partial charge in [-0.05, 0) is 42.9 Å². The van der Waals surface area contributed by atoms with Crippen molar-refractivity contribution in [2.45, 2.75) is 51.1 Å². The maximum atomic E-state index is 12.4. The van der Waals surface area contributed by atoms with Crippen molar-refractivity contribution < 1.29 is 14.3 Å². The Labute approximate surface area is 137 Å². The highest BCUT2D eigenvalue weighted by atomic mass is 16.6. The number of carbonyl (C=O) groups is 1. The third kappa shape index (κ3) is 3.78. The van der Waals surface area contributed by atoms with Gasteiger partial charge in [0.2, 0.25) is 5.91 Å². The van der Waals surface area contributed by atoms with Crippen molar-refractivity contribution in [3.8, 4) is 11.5 Å². The summed E-state index contributed by atoms with van der Waals surface area (Å²) in [6, 6.07) is 6.07. The first-order valence-electron chi connectivity index (χ1n) is 8.62. The van der Waals surface area contributed by atoms with E-state index >= 15 is 0 Å². The van der Waals surface area contributed by atoms with E-state index in [2.05, 4.69) is 12.2 Å². The van der Waals surface area contributed by atoms with Gasteiger partial charge in [-0.15, -0.1) is 0 Å². The number of hydrogen-bond acceptors (Lipinski definition) is 4. The highest BCUT2D eigenvalue weighted by molar-refractivity contribution is 5.76. The van der Waals surface area contributed by atoms with Crippen LogP contribution in [0.5, 0.6) is 11.5 Å². The number of nitrogens with one attached hydrogen (secondary N) is 1. The fourth-order valence-electron chi connectivity index (χ4n) is 3.51. The number of benzene rings is 1. The molecule has 3 rings (SSSR count). The zero-order valence-corrected chi connectivity index (χ0v) is 13.7. The average Bonchev–Trinajstić information content (AvgIpc) is 2.97. The molecule has 0 aromatic heterocycles. The summed E-state index contributed by atoms with van der Waals surface area (Å²) in [7, 11) is 0. The summed E-state index contributed by atoms with van der Waals surface area (Å²) in [6.45, 7) is 3.23. The summed E-state index contributed by atoms with van der Waals surface area (Å²) in [5, 5.41) is 3.15. The van der Waals surface area contributed by atoms with Gasteiger partial charge in [0.15, 0.2) is 11.5 Å². The average molecular weight is 318 g/mol. The monoisotopic (exact) mass is 318 g/mol. The van der Waals surface area contributed by atoms with E-state index in [1.807, 2.05) is 18.2 Å². The number of hydrogen-bond donors (Lipinski definition) is 2. The molecule has 1 saturated carbocycles. The van der Waals surface area contributed by atoms with Crippen LogP contribution in [0.3, 0.4) is 0 Å². The zero-order chi connectivity index (χ0) is 16.2. The maximum absolute atomic E-state index is 12.4. The molecule has 1 aliphatic heterocycles. The molecule has 1 unspecified atom stereocenters. The Kier molecular flexibility index (Phi) is 5.06. The Morgan fingerprint density at radius 1 is 1.30 bits per heavy atom. The van der Waals surface area contributed by atoms with E-state index in [1.165, 1.54) is 0 Å². The maximum Gasteiger partial charge on any atom is 0.220 e. The molecule has 126 valence electrons. The van der Waals surface area contributed by atoms with Crippen LogP contribution in [0.4, 0.5) is 0 Å². The predicted molar refractivity (Wildman–Crippen MR) is 88.5 cm³/mol. The molecule has 2 aliphatic rings. The van der Waals surface area contributed by atoms with Gasteiger partial charge in [0.25, 0.3) is 0 Å². The van der Waals surface area contributed by atoms with Crippen molar-refractivity contribution in [1.29, 1.82) is 0 Å². The minimum atomic E-state index is -0.00375. The Hall–Kier alpha value is -1.75. The lowest BCUT2D eigenvalue weighted by Gasteiger charge is -2.23. The first kappa shape index (κ1) is 16.1. The topological polar surface area (TPSA) is 73.6 Å². The molecule has 23 heavy (non-hydrogen) atoms. The van der Waals surface area contributed by atoms with Crippen LogP contribution < -0.4 is 20.5 Å². The van der Waals surface area contributed by atoms with E-state index in [0.29, 0.717) is 25.6 Å². The van der Waals surface area contributed by atoms with Crippen LogP contribution in [0.2, 0.25) is 0 Å². The third-order valence-corrected chi connectivity index (χ3v) is 4.88. The smallest absolute Gasteiger partial charge is 0.220 e. The van der Waals surface area contributed by atoms with Gasteiger partial charge < -0.3 is 20.5 Å². The van der Waals surface area contributed by atoms with Gasteiger partial charge in [-0.25, -0.2) is 0 Å². The van der Waals surface area contributed by atoms with E-state index in [0.717, 1.165) is 42.7 Å². The number of ether oxygens (including phenoxy) is 2. The Balaban J connectivity index is 1.64. The molecule has 0 radical (unpaired) electrons. The van der Waals surface area contributed by atoms with Gasteiger partial charge in [0, 0.05) is 12.5 Å². The zero-order valence-electron chi connectivity index (χ0n) is 13.7. The second-order valence-corrected chi connectivity index (χ2v) is 6.49. The summed E-state index contributed by atoms with van der Waals surface area (Å²) in [6.07, 6.45) is 4.61. The molecule has 0 bridgehead atoms. The highest BCUT2D eigenvalue weighted by Gasteiger charge is 2.27. The normalized spacial score (nSPS) is 24.3. The van der Waals surface area contributed by atoms with Crippen molar-refractivity contribution in [1.82, 2.24) is 5.32 Å². The van der Waals surface area contributed by atoms with Crippen molar-refractivity contribution in [3.63, 3.8) is 0 Å². The summed E-state index contributed by atoms with van der Waals surface area (Å²) < 4.78 is 11.2. The number of nitrogens with two attached hydrogens (primary N) is 1. The third-order valence-electron chi connectivity index (χ3n) is 4.88. The molecule has 1 fully saturated rings. The van der Waals surface area contributed by atoms with Crippen molar-refractivity contribution >= 4 is 5.91 Å². The summed E-state index contributed by atoms with van der Waals surface area (Å²) in [5.41, 5.74) is 7.12. The minimum absolute atomic E-state index is 0.00375. The fraction of sp³-hybridized carbons (Fsp3) is 0.611. The SMILES string of the molecule is CCC(NC(=O)C[C@@H]1CCC[C@H]1N)c1ccc2c(c1)OCCO2. The molecule has 3 N–H and O–H groups in total. The highest BCUT2D eigenvalue weighted by Crippen LogP contribution is 2.33. The second kappa shape index (κ2) is 7.21. The van der Waals surface area contributed by atoms with Crippen molar-refractivity contribution in [2.24, 2.45) is 11.7 Å². The first-order chi connectivity index (χ1) is 11.2. The lowest BCUT2D eigenvalue weighted by Crippen LogP contribution is -2.33. The number of amides is 1. The lowest BCUT2D eigenvalue weighted by molar-refractivity contribution is -0.122. The van der Waals surface area contributed by atoms with E-state index in [9.17, 15) is 4.79 Å². The Bertz CT molecular complexity index is 561. The van der Waals surface area contributed by atoms with Gasteiger partial charge in [-0.1, -0.05) is 19.4 Å². The molecule has 1 amide bonds. The molecule has 3 atom stereocenters. The van der Waals surface area contributed by atoms with E-state index in [4.69, 9.17) is 15.2 Å². The van der Waals surface area contributed by atoms with Gasteiger partial charge in [-0.2, -0.15) is 0 Å². The number of fused-ring (bicyclic) bond motifs is 1. The Morgan fingerprint density at radius 3 is 2.78 bits per heavy atom. The van der Waals surface area contributed by atoms with Gasteiger partial charge in [-0.3, -0.25) is 4.79 Å². The van der Waals surface area contributed by atoms with Crippen molar-refractivity contribution in [2.75, 3.05) is 13.2 Å². The van der Waals surface area contributed by atoms with Crippen LogP contribution in [-0.2, 0) is 4.79 Å². The van der Waals surface area contributed by atoms with Gasteiger partial charge in [0.1, 0.15) is 13.2 Å². The van der Waals surface area contributed by atoms with Crippen LogP contribution in [0.25, 0.3) is 0 Å². The summed E-state index contributed by atoms with van der Waals surface area (Å²) >= 11 is 0. The number of carbonyl (C=O) groups excluding carboxylic acids is 1. The quantitative estimate of drug-likeness (QED) is 0.875. The summed E-state index contributed by atoms with van der Waals surface area (Å²) in [5.74, 6) is 1.96. The van der Waals surface area contributed by atoms with Crippen LogP contribution in [0, 0.1) is 5.92 Å². The molecule has 1 aromatic rings. The van der Waals surface area contributed by atoms with Crippen LogP contribution in [0.15, 0.2) is 18.2 Å². The molecule has 5 nitrogen and oxygen atoms in total. The van der Waals surface area contributed by atoms with Crippen LogP contribution >= 0.6 is 0 Å². The minimum Gasteiger partial charge on any atom is -0.486 e. The molecular formula is C18H26N2O3. The predicted octanol–water partition coefficient (Wildman–Crippen LogP) is 2.54. The molecule has 0 saturated heterocycles. The van der Waals surface area contributed by atoms with Gasteiger partial charge >= 0.3 is 0 Å². The Morgan fingerprint density at radius 2 is 2.09 bits per heavy atom. The second-order valence-electron chi connectivity index (χ2n) is 6.49. The van der Waals surface area contributed by atoms with Crippen LogP contribution in [0.1, 0.15) is 50.6 Å². The fourth-order valence-corrected chi connectivity index (χ4v) is 3.51. The molecule has 5 heteroatoms. The standard InChI is InChI=1S/C18H26N2O3/c1-2-15(20-18(21)11-12-4-3-5-14(12)19)13-6-7-16-17(10-13)23-9-8-22-16/h6-7,10,12,14-15H,2-5,8-9,11,19H2,1H3,(H,20,21)/t12-,14+,15?/m0/s1. The molecule has 1 aromatic carbocycles. The molecule has 0 spiro atoms. The molecular weight excluding hydrogens is 292 g/mol. The first-order valence-corrected chi connectivity index (χ1v) is 8.62. The van der Waals surface area contributed by atoms with Gasteiger partial charge in [0.05, 0.1) is 6.04 Å². The molecule has 1 aliphatic carbocycles. The lowest BCUT2D eigenvalue weighted by atomic mass is 9.98. The largest absolute Gasteiger partial charge is 0.486 e. The van der Waals surface area contributed by atoms with E-state index < -0.39 is 0 Å². The van der Waals surface area contributed by atoms with Crippen molar-refractivity contribution in [3.05, 3.63) is 23.8 Å². The molecule has 1 heterocycles.